The van der Waals surface area contributed by atoms with Gasteiger partial charge in [-0.2, -0.15) is 0 Å². The molecule has 2 rings (SSSR count). The molecular formula is C17H22ClN. The van der Waals surface area contributed by atoms with E-state index in [9.17, 15) is 0 Å². The number of terminal acetylenes is 1. The maximum absolute atomic E-state index is 5.97. The molecule has 2 unspecified atom stereocenters. The van der Waals surface area contributed by atoms with Gasteiger partial charge in [-0.05, 0) is 50.0 Å². The van der Waals surface area contributed by atoms with Crippen LogP contribution in [0.2, 0.25) is 5.02 Å². The van der Waals surface area contributed by atoms with E-state index in [2.05, 4.69) is 29.9 Å². The van der Waals surface area contributed by atoms with E-state index < -0.39 is 0 Å². The number of rotatable bonds is 4. The maximum Gasteiger partial charge on any atom is 0.0781 e. The van der Waals surface area contributed by atoms with E-state index in [-0.39, 0.29) is 6.04 Å². The molecule has 0 bridgehead atoms. The van der Waals surface area contributed by atoms with E-state index in [1.165, 1.54) is 24.8 Å². The lowest BCUT2D eigenvalue weighted by Gasteiger charge is -2.36. The molecule has 1 aliphatic rings. The first kappa shape index (κ1) is 14.4. The third-order valence-electron chi connectivity index (χ3n) is 4.07. The van der Waals surface area contributed by atoms with Crippen LogP contribution in [0.1, 0.15) is 44.1 Å². The molecule has 2 atom stereocenters. The van der Waals surface area contributed by atoms with Crippen LogP contribution in [-0.2, 0) is 0 Å². The Bertz CT molecular complexity index is 426. The van der Waals surface area contributed by atoms with Crippen molar-refractivity contribution in [3.05, 3.63) is 34.9 Å². The fraction of sp³-hybridized carbons (Fsp3) is 0.529. The highest BCUT2D eigenvalue weighted by Gasteiger charge is 2.26. The predicted molar refractivity (Wildman–Crippen MR) is 82.5 cm³/mol. The quantitative estimate of drug-likeness (QED) is 0.740. The van der Waals surface area contributed by atoms with Gasteiger partial charge < -0.3 is 0 Å². The summed E-state index contributed by atoms with van der Waals surface area (Å²) in [7, 11) is 0. The lowest BCUT2D eigenvalue weighted by molar-refractivity contribution is 0.174. The Morgan fingerprint density at radius 2 is 1.84 bits per heavy atom. The second kappa shape index (κ2) is 6.98. The van der Waals surface area contributed by atoms with Crippen molar-refractivity contribution in [1.82, 2.24) is 4.90 Å². The van der Waals surface area contributed by atoms with Gasteiger partial charge in [0.1, 0.15) is 0 Å². The molecule has 2 heteroatoms. The summed E-state index contributed by atoms with van der Waals surface area (Å²) < 4.78 is 0. The first-order valence-electron chi connectivity index (χ1n) is 7.22. The lowest BCUT2D eigenvalue weighted by Crippen LogP contribution is -2.41. The molecule has 1 aliphatic heterocycles. The summed E-state index contributed by atoms with van der Waals surface area (Å²) in [6.07, 6.45) is 10.8. The van der Waals surface area contributed by atoms with Gasteiger partial charge in [-0.1, -0.05) is 43.0 Å². The highest BCUT2D eigenvalue weighted by Crippen LogP contribution is 2.29. The Hall–Kier alpha value is -0.970. The zero-order valence-corrected chi connectivity index (χ0v) is 12.4. The van der Waals surface area contributed by atoms with Gasteiger partial charge in [-0.25, -0.2) is 0 Å². The van der Waals surface area contributed by atoms with Crippen LogP contribution in [-0.4, -0.2) is 24.0 Å². The van der Waals surface area contributed by atoms with Gasteiger partial charge in [0.15, 0.2) is 0 Å². The molecular weight excluding hydrogens is 254 g/mol. The second-order valence-electron chi connectivity index (χ2n) is 5.27. The van der Waals surface area contributed by atoms with Crippen molar-refractivity contribution in [2.75, 3.05) is 13.1 Å². The van der Waals surface area contributed by atoms with Gasteiger partial charge >= 0.3 is 0 Å². The summed E-state index contributed by atoms with van der Waals surface area (Å²) in [5.74, 6) is 3.43. The molecule has 0 aromatic heterocycles. The molecule has 0 amide bonds. The highest BCUT2D eigenvalue weighted by atomic mass is 35.5. The minimum absolute atomic E-state index is 0.214. The van der Waals surface area contributed by atoms with Crippen molar-refractivity contribution in [1.29, 1.82) is 0 Å². The third-order valence-corrected chi connectivity index (χ3v) is 4.33. The zero-order valence-electron chi connectivity index (χ0n) is 11.6. The summed E-state index contributed by atoms with van der Waals surface area (Å²) in [6, 6.07) is 8.37. The summed E-state index contributed by atoms with van der Waals surface area (Å²) in [4.78, 5) is 2.48. The average molecular weight is 276 g/mol. The Labute approximate surface area is 122 Å². The monoisotopic (exact) mass is 275 g/mol. The van der Waals surface area contributed by atoms with Crippen molar-refractivity contribution < 1.29 is 0 Å². The SMILES string of the molecule is C#CC(C(CC)c1ccc(Cl)cc1)N1CCCCC1. The van der Waals surface area contributed by atoms with Crippen LogP contribution in [0, 0.1) is 12.3 Å². The molecule has 0 aliphatic carbocycles. The van der Waals surface area contributed by atoms with Crippen LogP contribution >= 0.6 is 11.6 Å². The van der Waals surface area contributed by atoms with E-state index >= 15 is 0 Å². The number of hydrogen-bond acceptors (Lipinski definition) is 1. The van der Waals surface area contributed by atoms with Crippen molar-refractivity contribution in [2.24, 2.45) is 0 Å². The van der Waals surface area contributed by atoms with Crippen molar-refractivity contribution in [3.8, 4) is 12.3 Å². The Morgan fingerprint density at radius 1 is 1.21 bits per heavy atom. The van der Waals surface area contributed by atoms with E-state index in [1.54, 1.807) is 0 Å². The minimum atomic E-state index is 0.214. The average Bonchev–Trinajstić information content (AvgIpc) is 2.47. The van der Waals surface area contributed by atoms with Gasteiger partial charge in [0.25, 0.3) is 0 Å². The normalized spacial score (nSPS) is 19.6. The Balaban J connectivity index is 2.18. The third kappa shape index (κ3) is 3.53. The molecule has 0 saturated carbocycles. The molecule has 0 spiro atoms. The number of hydrogen-bond donors (Lipinski definition) is 0. The zero-order chi connectivity index (χ0) is 13.7. The first-order chi connectivity index (χ1) is 9.26. The van der Waals surface area contributed by atoms with E-state index in [0.29, 0.717) is 5.92 Å². The van der Waals surface area contributed by atoms with Gasteiger partial charge in [0.05, 0.1) is 6.04 Å². The van der Waals surface area contributed by atoms with Crippen LogP contribution < -0.4 is 0 Å². The lowest BCUT2D eigenvalue weighted by atomic mass is 9.87. The fourth-order valence-electron chi connectivity index (χ4n) is 3.02. The molecule has 1 saturated heterocycles. The molecule has 1 nitrogen and oxygen atoms in total. The van der Waals surface area contributed by atoms with Crippen molar-refractivity contribution >= 4 is 11.6 Å². The largest absolute Gasteiger partial charge is 0.289 e. The standard InChI is InChI=1S/C17H22ClN/c1-3-16(14-8-10-15(18)11-9-14)17(4-2)19-12-6-5-7-13-19/h2,8-11,16-17H,3,5-7,12-13H2,1H3. The van der Waals surface area contributed by atoms with E-state index in [0.717, 1.165) is 24.5 Å². The topological polar surface area (TPSA) is 3.24 Å². The molecule has 1 fully saturated rings. The van der Waals surface area contributed by atoms with Crippen molar-refractivity contribution in [2.45, 2.75) is 44.6 Å². The van der Waals surface area contributed by atoms with Crippen LogP contribution in [0.15, 0.2) is 24.3 Å². The van der Waals surface area contributed by atoms with Crippen LogP contribution in [0.4, 0.5) is 0 Å². The highest BCUT2D eigenvalue weighted by molar-refractivity contribution is 6.30. The Morgan fingerprint density at radius 3 is 2.37 bits per heavy atom. The van der Waals surface area contributed by atoms with Gasteiger partial charge in [0.2, 0.25) is 0 Å². The molecule has 0 N–H and O–H groups in total. The molecule has 1 aromatic carbocycles. The van der Waals surface area contributed by atoms with Gasteiger partial charge in [-0.3, -0.25) is 4.90 Å². The minimum Gasteiger partial charge on any atom is -0.289 e. The molecule has 19 heavy (non-hydrogen) atoms. The maximum atomic E-state index is 5.97. The molecule has 1 heterocycles. The van der Waals surface area contributed by atoms with E-state index in [1.807, 2.05) is 12.1 Å². The van der Waals surface area contributed by atoms with E-state index in [4.69, 9.17) is 18.0 Å². The second-order valence-corrected chi connectivity index (χ2v) is 5.71. The fourth-order valence-corrected chi connectivity index (χ4v) is 3.15. The first-order valence-corrected chi connectivity index (χ1v) is 7.59. The number of piperidine rings is 1. The molecule has 1 aromatic rings. The number of likely N-dealkylation sites (tertiary alicyclic amines) is 1. The summed E-state index contributed by atoms with van der Waals surface area (Å²) in [5, 5.41) is 0.786. The summed E-state index contributed by atoms with van der Waals surface area (Å²) in [5.41, 5.74) is 1.31. The predicted octanol–water partition coefficient (Wildman–Crippen LogP) is 4.32. The van der Waals surface area contributed by atoms with Gasteiger partial charge in [0, 0.05) is 10.9 Å². The number of nitrogens with zero attached hydrogens (tertiary/aromatic N) is 1. The van der Waals surface area contributed by atoms with Crippen molar-refractivity contribution in [3.63, 3.8) is 0 Å². The summed E-state index contributed by atoms with van der Waals surface area (Å²) in [6.45, 7) is 4.49. The van der Waals surface area contributed by atoms with Gasteiger partial charge in [-0.15, -0.1) is 6.42 Å². The Kier molecular flexibility index (Phi) is 5.31. The molecule has 102 valence electrons. The number of halogens is 1. The van der Waals surface area contributed by atoms with Crippen LogP contribution in [0.25, 0.3) is 0 Å². The smallest absolute Gasteiger partial charge is 0.0781 e. The number of benzene rings is 1. The van der Waals surface area contributed by atoms with Crippen LogP contribution in [0.3, 0.4) is 0 Å². The van der Waals surface area contributed by atoms with Crippen LogP contribution in [0.5, 0.6) is 0 Å². The molecule has 0 radical (unpaired) electrons. The summed E-state index contributed by atoms with van der Waals surface area (Å²) >= 11 is 5.97.